The van der Waals surface area contributed by atoms with E-state index in [2.05, 4.69) is 0 Å². The maximum Gasteiger partial charge on any atom is 0.326 e. The average Bonchev–Trinajstić information content (AvgIpc) is 2.95. The van der Waals surface area contributed by atoms with Crippen LogP contribution in [-0.4, -0.2) is 18.9 Å². The Labute approximate surface area is 133 Å². The van der Waals surface area contributed by atoms with Crippen molar-refractivity contribution in [2.75, 3.05) is 6.54 Å². The van der Waals surface area contributed by atoms with Gasteiger partial charge in [0.05, 0.1) is 13.0 Å². The summed E-state index contributed by atoms with van der Waals surface area (Å²) in [4.78, 5) is 23.5. The predicted octanol–water partition coefficient (Wildman–Crippen LogP) is 3.19. The lowest BCUT2D eigenvalue weighted by atomic mass is 10.2. The molecule has 0 aromatic heterocycles. The van der Waals surface area contributed by atoms with Crippen molar-refractivity contribution in [3.05, 3.63) is 59.9 Å². The van der Waals surface area contributed by atoms with Crippen LogP contribution in [0.4, 0.5) is 10.1 Å². The molecular weight excluding hydrogens is 297 g/mol. The van der Waals surface area contributed by atoms with Crippen LogP contribution in [0.25, 0.3) is 0 Å². The molecule has 1 atom stereocenters. The van der Waals surface area contributed by atoms with Gasteiger partial charge in [-0.2, -0.15) is 4.48 Å². The first-order valence-corrected chi connectivity index (χ1v) is 7.49. The van der Waals surface area contributed by atoms with Crippen molar-refractivity contribution in [3.8, 4) is 5.75 Å². The summed E-state index contributed by atoms with van der Waals surface area (Å²) >= 11 is 0. The van der Waals surface area contributed by atoms with Crippen LogP contribution in [-0.2, 0) is 16.2 Å². The summed E-state index contributed by atoms with van der Waals surface area (Å²) in [6.07, 6.45) is 1.85. The highest BCUT2D eigenvalue weighted by Gasteiger charge is 2.43. The number of hydrogen-bond donors (Lipinski definition) is 0. The van der Waals surface area contributed by atoms with E-state index in [4.69, 9.17) is 4.74 Å². The van der Waals surface area contributed by atoms with Gasteiger partial charge < -0.3 is 4.74 Å². The van der Waals surface area contributed by atoms with Crippen LogP contribution in [0.3, 0.4) is 0 Å². The third kappa shape index (κ3) is 3.00. The highest BCUT2D eigenvalue weighted by Crippen LogP contribution is 2.30. The van der Waals surface area contributed by atoms with Crippen molar-refractivity contribution in [3.63, 3.8) is 0 Å². The monoisotopic (exact) mass is 314 g/mol. The molecule has 1 aliphatic rings. The second kappa shape index (κ2) is 6.30. The molecule has 0 radical (unpaired) electrons. The van der Waals surface area contributed by atoms with Crippen LogP contribution in [0.1, 0.15) is 18.4 Å². The van der Waals surface area contributed by atoms with Crippen LogP contribution in [0.2, 0.25) is 0 Å². The third-order valence-corrected chi connectivity index (χ3v) is 4.12. The van der Waals surface area contributed by atoms with Gasteiger partial charge in [-0.3, -0.25) is 0 Å². The van der Waals surface area contributed by atoms with Gasteiger partial charge in [0.2, 0.25) is 0 Å². The number of carbonyl (C=O) groups is 2. The Morgan fingerprint density at radius 1 is 1.17 bits per heavy atom. The van der Waals surface area contributed by atoms with Crippen LogP contribution in [0.5, 0.6) is 5.75 Å². The molecule has 2 aromatic rings. The minimum atomic E-state index is -0.300. The number of imide groups is 1. The quantitative estimate of drug-likeness (QED) is 0.629. The van der Waals surface area contributed by atoms with Crippen molar-refractivity contribution >= 4 is 18.0 Å². The molecule has 1 aliphatic heterocycles. The molecule has 1 unspecified atom stereocenters. The SMILES string of the molecule is O=C[N+]1(c2ccc(OCc3cccc(F)c3)cc2)CCCC1=O. The molecule has 23 heavy (non-hydrogen) atoms. The van der Waals surface area contributed by atoms with Crippen molar-refractivity contribution in [1.82, 2.24) is 4.48 Å². The number of rotatable bonds is 5. The first-order chi connectivity index (χ1) is 11.1. The normalized spacial score (nSPS) is 20.5. The fourth-order valence-electron chi connectivity index (χ4n) is 2.85. The number of quaternary nitrogens is 1. The Kier molecular flexibility index (Phi) is 4.21. The summed E-state index contributed by atoms with van der Waals surface area (Å²) < 4.78 is 18.5. The molecule has 0 saturated carbocycles. The second-order valence-corrected chi connectivity index (χ2v) is 5.61. The maximum absolute atomic E-state index is 13.1. The molecular formula is C18H17FNO3+. The smallest absolute Gasteiger partial charge is 0.326 e. The van der Waals surface area contributed by atoms with E-state index in [-0.39, 0.29) is 22.8 Å². The van der Waals surface area contributed by atoms with E-state index in [1.165, 1.54) is 12.1 Å². The van der Waals surface area contributed by atoms with E-state index in [0.717, 1.165) is 12.0 Å². The lowest BCUT2D eigenvalue weighted by Gasteiger charge is -2.23. The molecule has 1 saturated heterocycles. The molecule has 0 bridgehead atoms. The van der Waals surface area contributed by atoms with Crippen LogP contribution < -0.4 is 9.22 Å². The molecule has 4 nitrogen and oxygen atoms in total. The second-order valence-electron chi connectivity index (χ2n) is 5.61. The summed E-state index contributed by atoms with van der Waals surface area (Å²) in [6, 6.07) is 13.1. The number of carbonyl (C=O) groups excluding carboxylic acids is 2. The van der Waals surface area contributed by atoms with Gasteiger partial charge in [0.25, 0.3) is 0 Å². The molecule has 5 heteroatoms. The summed E-state index contributed by atoms with van der Waals surface area (Å²) in [5, 5.41) is 0. The third-order valence-electron chi connectivity index (χ3n) is 4.12. The zero-order valence-corrected chi connectivity index (χ0v) is 12.6. The molecule has 1 heterocycles. The number of hydrogen-bond acceptors (Lipinski definition) is 3. The molecule has 118 valence electrons. The average molecular weight is 314 g/mol. The number of halogens is 1. The van der Waals surface area contributed by atoms with E-state index < -0.39 is 0 Å². The molecule has 0 aliphatic carbocycles. The summed E-state index contributed by atoms with van der Waals surface area (Å²) in [5.41, 5.74) is 1.39. The van der Waals surface area contributed by atoms with E-state index in [1.54, 1.807) is 36.4 Å². The Balaban J connectivity index is 1.72. The van der Waals surface area contributed by atoms with Crippen molar-refractivity contribution < 1.29 is 18.7 Å². The van der Waals surface area contributed by atoms with Gasteiger partial charge in [0.1, 0.15) is 23.9 Å². The summed E-state index contributed by atoms with van der Waals surface area (Å²) in [7, 11) is 0. The lowest BCUT2D eigenvalue weighted by molar-refractivity contribution is -0.134. The number of likely N-dealkylation sites (tertiary alicyclic amines) is 1. The Morgan fingerprint density at radius 3 is 2.57 bits per heavy atom. The lowest BCUT2D eigenvalue weighted by Crippen LogP contribution is -2.48. The molecule has 2 aromatic carbocycles. The van der Waals surface area contributed by atoms with Gasteiger partial charge in [-0.05, 0) is 29.8 Å². The minimum absolute atomic E-state index is 0.0755. The van der Waals surface area contributed by atoms with E-state index in [1.807, 2.05) is 0 Å². The zero-order chi connectivity index (χ0) is 16.3. The molecule has 2 amide bonds. The largest absolute Gasteiger partial charge is 0.489 e. The highest BCUT2D eigenvalue weighted by molar-refractivity contribution is 6.02. The van der Waals surface area contributed by atoms with Crippen molar-refractivity contribution in [2.45, 2.75) is 19.4 Å². The van der Waals surface area contributed by atoms with Gasteiger partial charge in [0.15, 0.2) is 0 Å². The fraction of sp³-hybridized carbons (Fsp3) is 0.222. The van der Waals surface area contributed by atoms with Crippen LogP contribution >= 0.6 is 0 Å². The minimum Gasteiger partial charge on any atom is -0.489 e. The molecule has 0 spiro atoms. The maximum atomic E-state index is 13.1. The fourth-order valence-corrected chi connectivity index (χ4v) is 2.85. The highest BCUT2D eigenvalue weighted by atomic mass is 19.1. The Morgan fingerprint density at radius 2 is 1.96 bits per heavy atom. The van der Waals surface area contributed by atoms with Crippen molar-refractivity contribution in [1.29, 1.82) is 0 Å². The Hall–Kier alpha value is -2.53. The van der Waals surface area contributed by atoms with Crippen LogP contribution in [0.15, 0.2) is 48.5 Å². The summed E-state index contributed by atoms with van der Waals surface area (Å²) in [6.45, 7) is 0.759. The summed E-state index contributed by atoms with van der Waals surface area (Å²) in [5.74, 6) is 0.230. The predicted molar refractivity (Wildman–Crippen MR) is 84.1 cm³/mol. The first-order valence-electron chi connectivity index (χ1n) is 7.49. The number of amides is 2. The Bertz CT molecular complexity index is 729. The number of nitrogens with zero attached hydrogens (tertiary/aromatic N) is 1. The molecule has 0 N–H and O–H groups in total. The van der Waals surface area contributed by atoms with Crippen LogP contribution in [0, 0.1) is 5.82 Å². The van der Waals surface area contributed by atoms with Gasteiger partial charge in [-0.15, -0.1) is 0 Å². The number of ether oxygens (including phenoxy) is 1. The number of benzene rings is 2. The van der Waals surface area contributed by atoms with E-state index in [9.17, 15) is 14.0 Å². The van der Waals surface area contributed by atoms with Gasteiger partial charge >= 0.3 is 12.3 Å². The van der Waals surface area contributed by atoms with E-state index in [0.29, 0.717) is 30.8 Å². The van der Waals surface area contributed by atoms with Gasteiger partial charge in [0, 0.05) is 18.6 Å². The van der Waals surface area contributed by atoms with Gasteiger partial charge in [-0.25, -0.2) is 14.0 Å². The topological polar surface area (TPSA) is 43.4 Å². The van der Waals surface area contributed by atoms with Crippen molar-refractivity contribution in [2.24, 2.45) is 0 Å². The first kappa shape index (κ1) is 15.4. The standard InChI is InChI=1S/C18H17FNO3/c19-15-4-1-3-14(11-15)12-23-17-8-6-16(7-9-17)20(13-21)10-2-5-18(20)22/h1,3-4,6-9,11,13H,2,5,10,12H2/q+1. The van der Waals surface area contributed by atoms with E-state index >= 15 is 0 Å². The van der Waals surface area contributed by atoms with Gasteiger partial charge in [-0.1, -0.05) is 12.1 Å². The molecule has 1 fully saturated rings. The zero-order valence-electron chi connectivity index (χ0n) is 12.6. The molecule has 3 rings (SSSR count).